The van der Waals surface area contributed by atoms with Gasteiger partial charge in [-0.15, -0.1) is 10.2 Å². The number of rotatable bonds is 6. The van der Waals surface area contributed by atoms with Gasteiger partial charge in [0.2, 0.25) is 0 Å². The topological polar surface area (TPSA) is 128 Å². The standard InChI is InChI=1S/C17H24N8O2/c1-3-16-20-22-17(24(16)18)21-19-11-13-4-5-14(15(10-13)25(26)27)23-8-6-12(2)7-9-23/h4-5,10-12H,3,6-9,18H2,1-2H3,(H,21,22)/b19-11+. The minimum Gasteiger partial charge on any atom is -0.366 e. The molecule has 1 aliphatic rings. The summed E-state index contributed by atoms with van der Waals surface area (Å²) in [6, 6.07) is 5.13. The van der Waals surface area contributed by atoms with Crippen molar-refractivity contribution in [2.45, 2.75) is 33.1 Å². The van der Waals surface area contributed by atoms with Crippen LogP contribution in [0.25, 0.3) is 0 Å². The van der Waals surface area contributed by atoms with Crippen molar-refractivity contribution in [2.24, 2.45) is 11.0 Å². The Bertz CT molecular complexity index is 839. The second-order valence-corrected chi connectivity index (χ2v) is 6.71. The van der Waals surface area contributed by atoms with Crippen LogP contribution >= 0.6 is 0 Å². The average molecular weight is 372 g/mol. The second kappa shape index (κ2) is 8.02. The van der Waals surface area contributed by atoms with Gasteiger partial charge in [0.05, 0.1) is 11.1 Å². The summed E-state index contributed by atoms with van der Waals surface area (Å²) < 4.78 is 1.32. The molecule has 0 radical (unpaired) electrons. The quantitative estimate of drug-likeness (QED) is 0.344. The Morgan fingerprint density at radius 2 is 2.15 bits per heavy atom. The van der Waals surface area contributed by atoms with Gasteiger partial charge in [-0.3, -0.25) is 10.1 Å². The van der Waals surface area contributed by atoms with E-state index in [-0.39, 0.29) is 10.6 Å². The van der Waals surface area contributed by atoms with Crippen LogP contribution < -0.4 is 16.2 Å². The molecule has 1 aromatic heterocycles. The monoisotopic (exact) mass is 372 g/mol. The molecule has 1 saturated heterocycles. The average Bonchev–Trinajstić information content (AvgIpc) is 3.02. The van der Waals surface area contributed by atoms with Crippen LogP contribution in [0.4, 0.5) is 17.3 Å². The molecule has 0 unspecified atom stereocenters. The smallest absolute Gasteiger partial charge is 0.293 e. The SMILES string of the molecule is CCc1nnc(N/N=C/c2ccc(N3CCC(C)CC3)c([N+](=O)[O-])c2)n1N. The number of hydrogen-bond acceptors (Lipinski definition) is 8. The third-order valence-corrected chi connectivity index (χ3v) is 4.78. The predicted molar refractivity (Wildman–Crippen MR) is 104 cm³/mol. The zero-order chi connectivity index (χ0) is 19.4. The lowest BCUT2D eigenvalue weighted by atomic mass is 9.98. The highest BCUT2D eigenvalue weighted by Crippen LogP contribution is 2.32. The summed E-state index contributed by atoms with van der Waals surface area (Å²) in [6.07, 6.45) is 4.24. The van der Waals surface area contributed by atoms with Crippen molar-refractivity contribution in [1.29, 1.82) is 0 Å². The molecular weight excluding hydrogens is 348 g/mol. The van der Waals surface area contributed by atoms with Crippen LogP contribution in [-0.4, -0.2) is 39.1 Å². The van der Waals surface area contributed by atoms with E-state index >= 15 is 0 Å². The molecule has 3 N–H and O–H groups in total. The predicted octanol–water partition coefficient (Wildman–Crippen LogP) is 2.14. The normalized spacial score (nSPS) is 15.4. The summed E-state index contributed by atoms with van der Waals surface area (Å²) >= 11 is 0. The van der Waals surface area contributed by atoms with E-state index in [9.17, 15) is 10.1 Å². The fourth-order valence-electron chi connectivity index (χ4n) is 3.09. The number of piperidine rings is 1. The van der Waals surface area contributed by atoms with E-state index in [1.807, 2.05) is 13.0 Å². The van der Waals surface area contributed by atoms with Crippen molar-refractivity contribution in [3.05, 3.63) is 39.7 Å². The Hall–Kier alpha value is -3.17. The van der Waals surface area contributed by atoms with Gasteiger partial charge in [-0.2, -0.15) is 5.10 Å². The summed E-state index contributed by atoms with van der Waals surface area (Å²) in [5.41, 5.74) is 4.06. The number of nitrogen functional groups attached to an aromatic ring is 1. The van der Waals surface area contributed by atoms with Gasteiger partial charge in [-0.05, 0) is 24.8 Å². The largest absolute Gasteiger partial charge is 0.366 e. The molecule has 2 heterocycles. The first-order chi connectivity index (χ1) is 13.0. The molecule has 10 heteroatoms. The van der Waals surface area contributed by atoms with Gasteiger partial charge in [0.1, 0.15) is 5.69 Å². The number of nitrogens with two attached hydrogens (primary N) is 1. The number of hydrogen-bond donors (Lipinski definition) is 2. The van der Waals surface area contributed by atoms with Crippen LogP contribution in [0.15, 0.2) is 23.3 Å². The van der Waals surface area contributed by atoms with E-state index in [4.69, 9.17) is 5.84 Å². The van der Waals surface area contributed by atoms with E-state index in [2.05, 4.69) is 32.5 Å². The molecule has 27 heavy (non-hydrogen) atoms. The van der Waals surface area contributed by atoms with Crippen LogP contribution in [0, 0.1) is 16.0 Å². The van der Waals surface area contributed by atoms with E-state index < -0.39 is 0 Å². The molecule has 0 bridgehead atoms. The minimum atomic E-state index is -0.345. The van der Waals surface area contributed by atoms with Gasteiger partial charge in [-0.1, -0.05) is 19.9 Å². The van der Waals surface area contributed by atoms with Crippen LogP contribution in [0.2, 0.25) is 0 Å². The summed E-state index contributed by atoms with van der Waals surface area (Å²) in [5.74, 6) is 7.42. The maximum atomic E-state index is 11.5. The Morgan fingerprint density at radius 1 is 1.41 bits per heavy atom. The van der Waals surface area contributed by atoms with Gasteiger partial charge in [0, 0.05) is 31.1 Å². The molecule has 1 fully saturated rings. The molecular formula is C17H24N8O2. The molecule has 0 spiro atoms. The molecule has 2 aromatic rings. The highest BCUT2D eigenvalue weighted by molar-refractivity contribution is 5.83. The van der Waals surface area contributed by atoms with E-state index in [0.717, 1.165) is 25.9 Å². The molecule has 0 saturated carbocycles. The van der Waals surface area contributed by atoms with E-state index in [1.165, 1.54) is 17.0 Å². The Labute approximate surface area is 157 Å². The highest BCUT2D eigenvalue weighted by atomic mass is 16.6. The van der Waals surface area contributed by atoms with Crippen molar-refractivity contribution in [3.63, 3.8) is 0 Å². The third-order valence-electron chi connectivity index (χ3n) is 4.78. The van der Waals surface area contributed by atoms with Crippen LogP contribution in [0.3, 0.4) is 0 Å². The summed E-state index contributed by atoms with van der Waals surface area (Å²) in [6.45, 7) is 5.81. The number of aromatic nitrogens is 3. The molecule has 1 aromatic carbocycles. The van der Waals surface area contributed by atoms with Crippen LogP contribution in [0.5, 0.6) is 0 Å². The van der Waals surface area contributed by atoms with E-state index in [0.29, 0.717) is 35.4 Å². The maximum absolute atomic E-state index is 11.5. The van der Waals surface area contributed by atoms with Crippen LogP contribution in [-0.2, 0) is 6.42 Å². The molecule has 0 aliphatic carbocycles. The van der Waals surface area contributed by atoms with Crippen molar-refractivity contribution < 1.29 is 4.92 Å². The Balaban J connectivity index is 1.75. The van der Waals surface area contributed by atoms with Crippen LogP contribution in [0.1, 0.15) is 38.1 Å². The fraction of sp³-hybridized carbons (Fsp3) is 0.471. The van der Waals surface area contributed by atoms with Gasteiger partial charge in [0.25, 0.3) is 11.6 Å². The zero-order valence-corrected chi connectivity index (χ0v) is 15.5. The summed E-state index contributed by atoms with van der Waals surface area (Å²) in [4.78, 5) is 13.3. The molecule has 0 atom stereocenters. The summed E-state index contributed by atoms with van der Waals surface area (Å²) in [7, 11) is 0. The van der Waals surface area contributed by atoms with Crippen molar-refractivity contribution >= 4 is 23.5 Å². The second-order valence-electron chi connectivity index (χ2n) is 6.71. The number of nitrogens with one attached hydrogen (secondary N) is 1. The molecule has 0 amide bonds. The lowest BCUT2D eigenvalue weighted by Gasteiger charge is -2.31. The minimum absolute atomic E-state index is 0.0868. The number of nitro groups is 1. The van der Waals surface area contributed by atoms with Gasteiger partial charge in [0.15, 0.2) is 5.82 Å². The maximum Gasteiger partial charge on any atom is 0.293 e. The number of aryl methyl sites for hydroxylation is 1. The number of anilines is 2. The molecule has 144 valence electrons. The van der Waals surface area contributed by atoms with Crippen molar-refractivity contribution in [3.8, 4) is 0 Å². The van der Waals surface area contributed by atoms with Crippen molar-refractivity contribution in [2.75, 3.05) is 29.3 Å². The lowest BCUT2D eigenvalue weighted by molar-refractivity contribution is -0.384. The van der Waals surface area contributed by atoms with Gasteiger partial charge in [-0.25, -0.2) is 10.1 Å². The first kappa shape index (κ1) is 18.6. The fourth-order valence-corrected chi connectivity index (χ4v) is 3.09. The lowest BCUT2D eigenvalue weighted by Crippen LogP contribution is -2.33. The molecule has 3 rings (SSSR count). The zero-order valence-electron chi connectivity index (χ0n) is 15.5. The molecule has 1 aliphatic heterocycles. The van der Waals surface area contributed by atoms with Gasteiger partial charge < -0.3 is 10.7 Å². The van der Waals surface area contributed by atoms with E-state index in [1.54, 1.807) is 6.07 Å². The molecule has 10 nitrogen and oxygen atoms in total. The number of nitrogens with zero attached hydrogens (tertiary/aromatic N) is 6. The first-order valence-corrected chi connectivity index (χ1v) is 9.01. The Morgan fingerprint density at radius 3 is 2.78 bits per heavy atom. The Kier molecular flexibility index (Phi) is 5.53. The van der Waals surface area contributed by atoms with Crippen molar-refractivity contribution in [1.82, 2.24) is 14.9 Å². The number of hydrazone groups is 1. The number of nitro benzene ring substituents is 1. The third kappa shape index (κ3) is 4.15. The highest BCUT2D eigenvalue weighted by Gasteiger charge is 2.23. The first-order valence-electron chi connectivity index (χ1n) is 9.01. The summed E-state index contributed by atoms with van der Waals surface area (Å²) in [5, 5.41) is 23.4. The number of benzene rings is 1. The van der Waals surface area contributed by atoms with Gasteiger partial charge >= 0.3 is 0 Å².